The molecule has 106 valence electrons. The second-order valence-corrected chi connectivity index (χ2v) is 7.16. The molecule has 0 radical (unpaired) electrons. The van der Waals surface area contributed by atoms with E-state index in [-0.39, 0.29) is 11.3 Å². The highest BCUT2D eigenvalue weighted by Crippen LogP contribution is 2.15. The normalized spacial score (nSPS) is 13.7. The van der Waals surface area contributed by atoms with Gasteiger partial charge in [0.15, 0.2) is 0 Å². The van der Waals surface area contributed by atoms with Crippen molar-refractivity contribution in [2.45, 2.75) is 25.6 Å². The van der Waals surface area contributed by atoms with Gasteiger partial charge in [0.25, 0.3) is 0 Å². The van der Waals surface area contributed by atoms with E-state index in [2.05, 4.69) is 26.6 Å². The number of nitrogens with one attached hydrogen (secondary N) is 2. The standard InChI is InChI=1S/C13H19BrN2O2S/c1-9-6-12(14)5-4-11(9)8-16-13(17)15-7-10(2)19(3)18/h4-6,10H,7-8H2,1-3H3,(H2,15,16,17)/t10-,19+/m1/s1. The van der Waals surface area contributed by atoms with Gasteiger partial charge in [-0.2, -0.15) is 0 Å². The predicted molar refractivity (Wildman–Crippen MR) is 82.6 cm³/mol. The van der Waals surface area contributed by atoms with Crippen LogP contribution in [0.25, 0.3) is 0 Å². The Morgan fingerprint density at radius 1 is 1.42 bits per heavy atom. The first kappa shape index (κ1) is 16.2. The molecular weight excluding hydrogens is 328 g/mol. The number of benzene rings is 1. The summed E-state index contributed by atoms with van der Waals surface area (Å²) in [4.78, 5) is 11.6. The molecule has 2 atom stereocenters. The molecule has 0 aliphatic heterocycles. The lowest BCUT2D eigenvalue weighted by Crippen LogP contribution is -2.39. The maximum atomic E-state index is 11.6. The number of halogens is 1. The van der Waals surface area contributed by atoms with Crippen molar-refractivity contribution in [2.24, 2.45) is 0 Å². The zero-order chi connectivity index (χ0) is 14.4. The summed E-state index contributed by atoms with van der Waals surface area (Å²) in [5, 5.41) is 5.46. The summed E-state index contributed by atoms with van der Waals surface area (Å²) in [6, 6.07) is 5.70. The van der Waals surface area contributed by atoms with E-state index in [1.807, 2.05) is 32.0 Å². The number of carbonyl (C=O) groups is 1. The van der Waals surface area contributed by atoms with Crippen LogP contribution in [0.15, 0.2) is 22.7 Å². The summed E-state index contributed by atoms with van der Waals surface area (Å²) in [6.07, 6.45) is 1.63. The van der Waals surface area contributed by atoms with Crippen LogP contribution in [0.3, 0.4) is 0 Å². The molecule has 0 bridgehead atoms. The van der Waals surface area contributed by atoms with Gasteiger partial charge in [0.05, 0.1) is 0 Å². The van der Waals surface area contributed by atoms with E-state index in [4.69, 9.17) is 0 Å². The van der Waals surface area contributed by atoms with Crippen molar-refractivity contribution in [3.8, 4) is 0 Å². The summed E-state index contributed by atoms with van der Waals surface area (Å²) in [5.41, 5.74) is 2.20. The fourth-order valence-corrected chi connectivity index (χ4v) is 2.24. The quantitative estimate of drug-likeness (QED) is 0.859. The molecule has 1 aromatic rings. The van der Waals surface area contributed by atoms with Gasteiger partial charge in [-0.3, -0.25) is 4.21 Å². The Morgan fingerprint density at radius 2 is 2.11 bits per heavy atom. The third-order valence-corrected chi connectivity index (χ3v) is 4.65. The van der Waals surface area contributed by atoms with Gasteiger partial charge in [-0.25, -0.2) is 4.79 Å². The van der Waals surface area contributed by atoms with Crippen LogP contribution in [-0.2, 0) is 17.3 Å². The van der Waals surface area contributed by atoms with Crippen molar-refractivity contribution in [1.82, 2.24) is 10.6 Å². The lowest BCUT2D eigenvalue weighted by molar-refractivity contribution is 0.240. The Hall–Kier alpha value is -0.880. The highest BCUT2D eigenvalue weighted by atomic mass is 79.9. The molecule has 0 heterocycles. The van der Waals surface area contributed by atoms with Crippen LogP contribution in [0.1, 0.15) is 18.1 Å². The minimum Gasteiger partial charge on any atom is -0.337 e. The second-order valence-electron chi connectivity index (χ2n) is 4.44. The number of amides is 2. The van der Waals surface area contributed by atoms with E-state index in [0.29, 0.717) is 13.1 Å². The topological polar surface area (TPSA) is 58.2 Å². The zero-order valence-corrected chi connectivity index (χ0v) is 13.7. The molecular formula is C13H19BrN2O2S. The van der Waals surface area contributed by atoms with Gasteiger partial charge in [-0.15, -0.1) is 0 Å². The fourth-order valence-electron chi connectivity index (χ4n) is 1.45. The van der Waals surface area contributed by atoms with Gasteiger partial charge in [0.1, 0.15) is 0 Å². The van der Waals surface area contributed by atoms with Crippen LogP contribution in [0.4, 0.5) is 4.79 Å². The predicted octanol–water partition coefficient (Wildman–Crippen LogP) is 2.32. The summed E-state index contributed by atoms with van der Waals surface area (Å²) in [7, 11) is -0.921. The molecule has 0 aromatic heterocycles. The molecule has 6 heteroatoms. The van der Waals surface area contributed by atoms with E-state index in [0.717, 1.165) is 15.6 Å². The number of hydrogen-bond acceptors (Lipinski definition) is 2. The van der Waals surface area contributed by atoms with E-state index < -0.39 is 10.8 Å². The molecule has 0 saturated heterocycles. The number of aryl methyl sites for hydroxylation is 1. The van der Waals surface area contributed by atoms with Crippen LogP contribution >= 0.6 is 15.9 Å². The Labute approximate surface area is 124 Å². The van der Waals surface area contributed by atoms with E-state index >= 15 is 0 Å². The third-order valence-electron chi connectivity index (χ3n) is 2.86. The second kappa shape index (κ2) is 7.65. The highest BCUT2D eigenvalue weighted by Gasteiger charge is 2.08. The van der Waals surface area contributed by atoms with Crippen molar-refractivity contribution in [3.05, 3.63) is 33.8 Å². The largest absolute Gasteiger partial charge is 0.337 e. The van der Waals surface area contributed by atoms with Crippen molar-refractivity contribution < 1.29 is 9.00 Å². The summed E-state index contributed by atoms with van der Waals surface area (Å²) >= 11 is 3.40. The minimum absolute atomic E-state index is 0.0415. The Kier molecular flexibility index (Phi) is 6.51. The first-order valence-corrected chi connectivity index (χ1v) is 8.40. The molecule has 0 aliphatic carbocycles. The van der Waals surface area contributed by atoms with Crippen LogP contribution in [0, 0.1) is 6.92 Å². The molecule has 2 amide bonds. The van der Waals surface area contributed by atoms with Crippen molar-refractivity contribution in [3.63, 3.8) is 0 Å². The Morgan fingerprint density at radius 3 is 2.68 bits per heavy atom. The molecule has 0 unspecified atom stereocenters. The van der Waals surface area contributed by atoms with Crippen LogP contribution in [-0.4, -0.2) is 28.3 Å². The third kappa shape index (κ3) is 5.74. The van der Waals surface area contributed by atoms with E-state index in [1.165, 1.54) is 0 Å². The molecule has 0 aliphatic rings. The van der Waals surface area contributed by atoms with Gasteiger partial charge in [-0.05, 0) is 37.1 Å². The summed E-state index contributed by atoms with van der Waals surface area (Å²) < 4.78 is 12.2. The number of hydrogen-bond donors (Lipinski definition) is 2. The molecule has 4 nitrogen and oxygen atoms in total. The maximum Gasteiger partial charge on any atom is 0.315 e. The highest BCUT2D eigenvalue weighted by molar-refractivity contribution is 9.10. The first-order chi connectivity index (χ1) is 8.90. The Bertz CT molecular complexity index is 480. The zero-order valence-electron chi connectivity index (χ0n) is 11.3. The van der Waals surface area contributed by atoms with E-state index in [1.54, 1.807) is 6.26 Å². The first-order valence-electron chi connectivity index (χ1n) is 5.99. The van der Waals surface area contributed by atoms with Crippen molar-refractivity contribution in [1.29, 1.82) is 0 Å². The number of rotatable bonds is 5. The molecule has 1 rings (SSSR count). The van der Waals surface area contributed by atoms with Gasteiger partial charge in [0, 0.05) is 39.9 Å². The molecule has 2 N–H and O–H groups in total. The minimum atomic E-state index is -0.921. The molecule has 0 saturated carbocycles. The van der Waals surface area contributed by atoms with E-state index in [9.17, 15) is 9.00 Å². The van der Waals surface area contributed by atoms with Gasteiger partial charge >= 0.3 is 6.03 Å². The molecule has 19 heavy (non-hydrogen) atoms. The van der Waals surface area contributed by atoms with Gasteiger partial charge in [0.2, 0.25) is 0 Å². The van der Waals surface area contributed by atoms with Crippen molar-refractivity contribution >= 4 is 32.8 Å². The number of urea groups is 1. The summed E-state index contributed by atoms with van der Waals surface area (Å²) in [5.74, 6) is 0. The maximum absolute atomic E-state index is 11.6. The smallest absolute Gasteiger partial charge is 0.315 e. The molecule has 0 fully saturated rings. The monoisotopic (exact) mass is 346 g/mol. The van der Waals surface area contributed by atoms with Gasteiger partial charge < -0.3 is 10.6 Å². The fraction of sp³-hybridized carbons (Fsp3) is 0.462. The van der Waals surface area contributed by atoms with Gasteiger partial charge in [-0.1, -0.05) is 22.0 Å². The lowest BCUT2D eigenvalue weighted by Gasteiger charge is -2.12. The molecule has 1 aromatic carbocycles. The SMILES string of the molecule is Cc1cc(Br)ccc1CNC(=O)NC[C@@H](C)[S@](C)=O. The average molecular weight is 347 g/mol. The van der Waals surface area contributed by atoms with Crippen LogP contribution in [0.2, 0.25) is 0 Å². The molecule has 0 spiro atoms. The summed E-state index contributed by atoms with van der Waals surface area (Å²) in [6.45, 7) is 4.74. The average Bonchev–Trinajstić information content (AvgIpc) is 2.34. The van der Waals surface area contributed by atoms with Crippen LogP contribution in [0.5, 0.6) is 0 Å². The number of carbonyl (C=O) groups excluding carboxylic acids is 1. The Balaban J connectivity index is 2.40. The lowest BCUT2D eigenvalue weighted by atomic mass is 10.1. The van der Waals surface area contributed by atoms with Crippen molar-refractivity contribution in [2.75, 3.05) is 12.8 Å². The van der Waals surface area contributed by atoms with Crippen LogP contribution < -0.4 is 10.6 Å².